The van der Waals surface area contributed by atoms with E-state index in [2.05, 4.69) is 0 Å². The number of hydrogen-bond donors (Lipinski definition) is 0. The molecular formula is C14H16F3NO4S. The molecule has 9 heteroatoms. The zero-order chi connectivity index (χ0) is 17.2. The molecule has 0 bridgehead atoms. The molecule has 0 spiro atoms. The number of ether oxygens (including phenoxy) is 1. The summed E-state index contributed by atoms with van der Waals surface area (Å²) in [6, 6.07) is -0.635. The van der Waals surface area contributed by atoms with Gasteiger partial charge in [0.1, 0.15) is 16.8 Å². The van der Waals surface area contributed by atoms with Gasteiger partial charge < -0.3 is 4.74 Å². The van der Waals surface area contributed by atoms with Crippen LogP contribution in [0.3, 0.4) is 0 Å². The average Bonchev–Trinajstić information content (AvgIpc) is 2.51. The minimum absolute atomic E-state index is 0.0236. The number of halogens is 3. The van der Waals surface area contributed by atoms with Crippen molar-refractivity contribution in [2.45, 2.75) is 37.1 Å². The Hall–Kier alpha value is -1.61. The average molecular weight is 351 g/mol. The molecule has 0 aromatic heterocycles. The lowest BCUT2D eigenvalue weighted by molar-refractivity contribution is -0.148. The molecule has 0 amide bonds. The lowest BCUT2D eigenvalue weighted by Crippen LogP contribution is -2.48. The molecule has 5 nitrogen and oxygen atoms in total. The Morgan fingerprint density at radius 3 is 2.52 bits per heavy atom. The van der Waals surface area contributed by atoms with Crippen LogP contribution in [0.5, 0.6) is 0 Å². The van der Waals surface area contributed by atoms with E-state index in [-0.39, 0.29) is 31.7 Å². The molecule has 0 saturated carbocycles. The molecular weight excluding hydrogens is 335 g/mol. The lowest BCUT2D eigenvalue weighted by Gasteiger charge is -2.33. The highest BCUT2D eigenvalue weighted by Gasteiger charge is 2.40. The summed E-state index contributed by atoms with van der Waals surface area (Å²) in [5.74, 6) is -5.10. The van der Waals surface area contributed by atoms with Gasteiger partial charge in [-0.25, -0.2) is 21.6 Å². The quantitative estimate of drug-likeness (QED) is 0.616. The Morgan fingerprint density at radius 1 is 1.22 bits per heavy atom. The maximum Gasteiger partial charge on any atom is 0.324 e. The summed E-state index contributed by atoms with van der Waals surface area (Å²) in [6.07, 6.45) is 1.31. The molecule has 1 aliphatic heterocycles. The van der Waals surface area contributed by atoms with E-state index in [0.29, 0.717) is 12.8 Å². The molecule has 1 fully saturated rings. The van der Waals surface area contributed by atoms with Crippen LogP contribution < -0.4 is 0 Å². The molecule has 1 saturated heterocycles. The van der Waals surface area contributed by atoms with Gasteiger partial charge in [0.25, 0.3) is 0 Å². The zero-order valence-corrected chi connectivity index (χ0v) is 13.2. The van der Waals surface area contributed by atoms with Crippen LogP contribution in [0.4, 0.5) is 13.2 Å². The van der Waals surface area contributed by atoms with Crippen molar-refractivity contribution >= 4 is 16.0 Å². The number of hydrogen-bond acceptors (Lipinski definition) is 4. The van der Waals surface area contributed by atoms with E-state index >= 15 is 0 Å². The Kier molecular flexibility index (Phi) is 5.30. The second kappa shape index (κ2) is 6.88. The summed E-state index contributed by atoms with van der Waals surface area (Å²) < 4.78 is 70.9. The highest BCUT2D eigenvalue weighted by molar-refractivity contribution is 7.89. The van der Waals surface area contributed by atoms with Gasteiger partial charge >= 0.3 is 5.97 Å². The summed E-state index contributed by atoms with van der Waals surface area (Å²) in [5, 5.41) is 0. The Bertz CT molecular complexity index is 708. The molecule has 1 unspecified atom stereocenters. The van der Waals surface area contributed by atoms with Crippen LogP contribution in [0.1, 0.15) is 26.2 Å². The van der Waals surface area contributed by atoms with Crippen LogP contribution in [-0.4, -0.2) is 37.9 Å². The summed E-state index contributed by atoms with van der Waals surface area (Å²) in [4.78, 5) is 10.9. The number of esters is 1. The molecule has 23 heavy (non-hydrogen) atoms. The van der Waals surface area contributed by atoms with E-state index in [1.54, 1.807) is 6.92 Å². The topological polar surface area (TPSA) is 63.7 Å². The van der Waals surface area contributed by atoms with E-state index in [9.17, 15) is 26.4 Å². The lowest BCUT2D eigenvalue weighted by atomic mass is 10.1. The second-order valence-corrected chi connectivity index (χ2v) is 6.94. The maximum absolute atomic E-state index is 13.8. The SMILES string of the molecule is CCOC(=O)C1CCCCN1S(=O)(=O)c1cc(F)c(F)cc1F. The van der Waals surface area contributed by atoms with Crippen molar-refractivity contribution in [3.8, 4) is 0 Å². The third kappa shape index (κ3) is 3.50. The third-order valence-electron chi connectivity index (χ3n) is 3.57. The predicted octanol–water partition coefficient (Wildman–Crippen LogP) is 2.21. The van der Waals surface area contributed by atoms with Gasteiger partial charge in [-0.1, -0.05) is 0 Å². The largest absolute Gasteiger partial charge is 0.465 e. The number of nitrogens with zero attached hydrogens (tertiary/aromatic N) is 1. The molecule has 0 radical (unpaired) electrons. The van der Waals surface area contributed by atoms with Crippen molar-refractivity contribution in [1.82, 2.24) is 4.31 Å². The molecule has 1 heterocycles. The van der Waals surface area contributed by atoms with E-state index in [4.69, 9.17) is 4.74 Å². The van der Waals surface area contributed by atoms with E-state index in [1.807, 2.05) is 0 Å². The third-order valence-corrected chi connectivity index (χ3v) is 5.50. The molecule has 0 N–H and O–H groups in total. The summed E-state index contributed by atoms with van der Waals surface area (Å²) in [5.41, 5.74) is 0. The normalized spacial score (nSPS) is 19.6. The number of carbonyl (C=O) groups is 1. The molecule has 1 aromatic carbocycles. The van der Waals surface area contributed by atoms with E-state index in [1.165, 1.54) is 0 Å². The van der Waals surface area contributed by atoms with Gasteiger partial charge in [-0.05, 0) is 32.3 Å². The Balaban J connectivity index is 2.44. The first-order valence-electron chi connectivity index (χ1n) is 7.12. The van der Waals surface area contributed by atoms with Crippen LogP contribution in [0, 0.1) is 17.5 Å². The minimum Gasteiger partial charge on any atom is -0.465 e. The van der Waals surface area contributed by atoms with Crippen molar-refractivity contribution in [3.63, 3.8) is 0 Å². The smallest absolute Gasteiger partial charge is 0.324 e. The van der Waals surface area contributed by atoms with Gasteiger partial charge in [-0.3, -0.25) is 4.79 Å². The number of piperidine rings is 1. The minimum atomic E-state index is -4.49. The standard InChI is InChI=1S/C14H16F3NO4S/c1-2-22-14(19)12-5-3-4-6-18(12)23(20,21)13-8-10(16)9(15)7-11(13)17/h7-8,12H,2-6H2,1H3. The van der Waals surface area contributed by atoms with Crippen LogP contribution in [0.25, 0.3) is 0 Å². The van der Waals surface area contributed by atoms with Crippen LogP contribution in [-0.2, 0) is 19.6 Å². The molecule has 1 atom stereocenters. The highest BCUT2D eigenvalue weighted by atomic mass is 32.2. The monoisotopic (exact) mass is 351 g/mol. The van der Waals surface area contributed by atoms with Crippen molar-refractivity contribution in [2.75, 3.05) is 13.2 Å². The first-order chi connectivity index (χ1) is 10.8. The highest BCUT2D eigenvalue weighted by Crippen LogP contribution is 2.28. The van der Waals surface area contributed by atoms with Gasteiger partial charge in [0.05, 0.1) is 6.61 Å². The first kappa shape index (κ1) is 17.7. The van der Waals surface area contributed by atoms with Gasteiger partial charge in [-0.15, -0.1) is 0 Å². The van der Waals surface area contributed by atoms with Crippen molar-refractivity contribution in [3.05, 3.63) is 29.6 Å². The Morgan fingerprint density at radius 2 is 1.87 bits per heavy atom. The number of carbonyl (C=O) groups excluding carboxylic acids is 1. The molecule has 1 aromatic rings. The van der Waals surface area contributed by atoms with E-state index in [0.717, 1.165) is 4.31 Å². The van der Waals surface area contributed by atoms with Gasteiger partial charge in [-0.2, -0.15) is 4.31 Å². The molecule has 0 aliphatic carbocycles. The zero-order valence-electron chi connectivity index (χ0n) is 12.4. The number of sulfonamides is 1. The number of rotatable bonds is 4. The fourth-order valence-electron chi connectivity index (χ4n) is 2.50. The molecule has 2 rings (SSSR count). The van der Waals surface area contributed by atoms with Gasteiger partial charge in [0.2, 0.25) is 10.0 Å². The van der Waals surface area contributed by atoms with Crippen molar-refractivity contribution < 1.29 is 31.1 Å². The summed E-state index contributed by atoms with van der Waals surface area (Å²) >= 11 is 0. The van der Waals surface area contributed by atoms with Gasteiger partial charge in [0, 0.05) is 12.6 Å². The van der Waals surface area contributed by atoms with E-state index < -0.39 is 44.4 Å². The summed E-state index contributed by atoms with van der Waals surface area (Å²) in [7, 11) is -4.49. The number of benzene rings is 1. The first-order valence-corrected chi connectivity index (χ1v) is 8.56. The van der Waals surface area contributed by atoms with Crippen molar-refractivity contribution in [2.24, 2.45) is 0 Å². The van der Waals surface area contributed by atoms with Crippen molar-refractivity contribution in [1.29, 1.82) is 0 Å². The fourth-order valence-corrected chi connectivity index (χ4v) is 4.20. The Labute approximate surface area is 132 Å². The molecule has 1 aliphatic rings. The van der Waals surface area contributed by atoms with Crippen LogP contribution in [0.2, 0.25) is 0 Å². The second-order valence-electron chi connectivity index (χ2n) is 5.08. The van der Waals surface area contributed by atoms with Crippen LogP contribution in [0.15, 0.2) is 17.0 Å². The van der Waals surface area contributed by atoms with Crippen LogP contribution >= 0.6 is 0 Å². The predicted molar refractivity (Wildman–Crippen MR) is 74.5 cm³/mol. The fraction of sp³-hybridized carbons (Fsp3) is 0.500. The maximum atomic E-state index is 13.8. The summed E-state index contributed by atoms with van der Waals surface area (Å²) in [6.45, 7) is 1.63. The van der Waals surface area contributed by atoms with Gasteiger partial charge in [0.15, 0.2) is 11.6 Å². The molecule has 128 valence electrons.